The molecule has 3 nitrogen and oxygen atoms in total. The van der Waals surface area contributed by atoms with Crippen LogP contribution in [0.2, 0.25) is 0 Å². The van der Waals surface area contributed by atoms with Crippen molar-refractivity contribution in [2.45, 2.75) is 69.9 Å². The second-order valence-corrected chi connectivity index (χ2v) is 5.91. The maximum atomic E-state index is 5.12. The second-order valence-electron chi connectivity index (χ2n) is 5.91. The molecule has 0 radical (unpaired) electrons. The van der Waals surface area contributed by atoms with Gasteiger partial charge in [0.15, 0.2) is 0 Å². The molecule has 108 valence electrons. The third kappa shape index (κ3) is 3.94. The molecule has 0 amide bonds. The summed E-state index contributed by atoms with van der Waals surface area (Å²) < 4.78 is 5.12. The Labute approximate surface area is 113 Å². The van der Waals surface area contributed by atoms with E-state index in [0.29, 0.717) is 11.1 Å². The highest BCUT2D eigenvalue weighted by molar-refractivity contribution is 4.94. The molecule has 3 heteroatoms. The highest BCUT2D eigenvalue weighted by atomic mass is 16.5. The first-order chi connectivity index (χ1) is 8.66. The molecule has 2 rings (SSSR count). The Balaban J connectivity index is 0.000000180. The van der Waals surface area contributed by atoms with Crippen LogP contribution >= 0.6 is 0 Å². The predicted molar refractivity (Wildman–Crippen MR) is 78.1 cm³/mol. The highest BCUT2D eigenvalue weighted by Crippen LogP contribution is 2.35. The van der Waals surface area contributed by atoms with Gasteiger partial charge in [-0.05, 0) is 46.2 Å². The van der Waals surface area contributed by atoms with Gasteiger partial charge in [0.1, 0.15) is 0 Å². The maximum absolute atomic E-state index is 5.12. The van der Waals surface area contributed by atoms with Gasteiger partial charge in [0.2, 0.25) is 0 Å². The first kappa shape index (κ1) is 15.9. The van der Waals surface area contributed by atoms with Crippen molar-refractivity contribution in [2.75, 3.05) is 27.3 Å². The topological polar surface area (TPSA) is 33.3 Å². The summed E-state index contributed by atoms with van der Waals surface area (Å²) in [6.45, 7) is 6.27. The van der Waals surface area contributed by atoms with Gasteiger partial charge in [-0.25, -0.2) is 0 Å². The molecule has 0 aromatic carbocycles. The van der Waals surface area contributed by atoms with Gasteiger partial charge in [0, 0.05) is 5.54 Å². The summed E-state index contributed by atoms with van der Waals surface area (Å²) >= 11 is 0. The molecule has 2 fully saturated rings. The molecule has 1 aliphatic carbocycles. The van der Waals surface area contributed by atoms with E-state index in [-0.39, 0.29) is 0 Å². The zero-order valence-corrected chi connectivity index (χ0v) is 12.8. The van der Waals surface area contributed by atoms with Crippen LogP contribution in [0.5, 0.6) is 0 Å². The number of hydrogen-bond acceptors (Lipinski definition) is 3. The Morgan fingerprint density at radius 2 is 1.39 bits per heavy atom. The fourth-order valence-electron chi connectivity index (χ4n) is 2.95. The molecule has 0 bridgehead atoms. The standard InChI is InChI=1S/C8H17N.C7H15NO/c1-3-5-8(9-2)6-4-7-8;1-3-4-7(8-2)5-9-6-7/h9H,3-7H2,1-2H3;8H,3-6H2,1-2H3. The van der Waals surface area contributed by atoms with Crippen LogP contribution in [-0.4, -0.2) is 38.4 Å². The van der Waals surface area contributed by atoms with Crippen molar-refractivity contribution in [3.05, 3.63) is 0 Å². The van der Waals surface area contributed by atoms with Crippen LogP contribution in [0, 0.1) is 0 Å². The Kier molecular flexibility index (Phi) is 6.61. The van der Waals surface area contributed by atoms with Crippen LogP contribution in [-0.2, 0) is 4.74 Å². The van der Waals surface area contributed by atoms with Crippen molar-refractivity contribution in [3.63, 3.8) is 0 Å². The maximum Gasteiger partial charge on any atom is 0.0671 e. The summed E-state index contributed by atoms with van der Waals surface area (Å²) in [6, 6.07) is 0. The lowest BCUT2D eigenvalue weighted by Gasteiger charge is -2.41. The highest BCUT2D eigenvalue weighted by Gasteiger charge is 2.35. The van der Waals surface area contributed by atoms with Gasteiger partial charge in [0.25, 0.3) is 0 Å². The van der Waals surface area contributed by atoms with Crippen LogP contribution in [0.25, 0.3) is 0 Å². The Bertz CT molecular complexity index is 188. The van der Waals surface area contributed by atoms with Crippen molar-refractivity contribution in [1.29, 1.82) is 0 Å². The first-order valence-electron chi connectivity index (χ1n) is 7.61. The molecule has 1 saturated heterocycles. The molecular formula is C15H32N2O. The quantitative estimate of drug-likeness (QED) is 0.766. The third-order valence-electron chi connectivity index (χ3n) is 4.59. The van der Waals surface area contributed by atoms with E-state index in [2.05, 4.69) is 31.5 Å². The van der Waals surface area contributed by atoms with E-state index in [1.54, 1.807) is 0 Å². The molecule has 0 atom stereocenters. The largest absolute Gasteiger partial charge is 0.377 e. The summed E-state index contributed by atoms with van der Waals surface area (Å²) in [5, 5.41) is 6.71. The lowest BCUT2D eigenvalue weighted by atomic mass is 9.74. The summed E-state index contributed by atoms with van der Waals surface area (Å²) in [6.07, 6.45) is 9.40. The van der Waals surface area contributed by atoms with E-state index in [0.717, 1.165) is 13.2 Å². The smallest absolute Gasteiger partial charge is 0.0671 e. The molecule has 2 N–H and O–H groups in total. The van der Waals surface area contributed by atoms with Gasteiger partial charge in [-0.2, -0.15) is 0 Å². The van der Waals surface area contributed by atoms with E-state index in [1.807, 2.05) is 7.05 Å². The van der Waals surface area contributed by atoms with E-state index >= 15 is 0 Å². The van der Waals surface area contributed by atoms with Crippen LogP contribution in [0.15, 0.2) is 0 Å². The summed E-state index contributed by atoms with van der Waals surface area (Å²) in [4.78, 5) is 0. The number of rotatable bonds is 6. The van der Waals surface area contributed by atoms with Crippen LogP contribution < -0.4 is 10.6 Å². The fraction of sp³-hybridized carbons (Fsp3) is 1.00. The summed E-state index contributed by atoms with van der Waals surface area (Å²) in [7, 11) is 4.10. The molecule has 1 heterocycles. The SMILES string of the molecule is CCCC1(NC)CCC1.CCCC1(NC)COC1. The van der Waals surface area contributed by atoms with Crippen molar-refractivity contribution in [2.24, 2.45) is 0 Å². The summed E-state index contributed by atoms with van der Waals surface area (Å²) in [5.74, 6) is 0. The molecule has 0 spiro atoms. The van der Waals surface area contributed by atoms with Crippen LogP contribution in [0.4, 0.5) is 0 Å². The lowest BCUT2D eigenvalue weighted by molar-refractivity contribution is -0.0748. The van der Waals surface area contributed by atoms with Crippen molar-refractivity contribution in [3.8, 4) is 0 Å². The molecule has 1 aliphatic heterocycles. The fourth-order valence-corrected chi connectivity index (χ4v) is 2.95. The van der Waals surface area contributed by atoms with Gasteiger partial charge in [-0.15, -0.1) is 0 Å². The predicted octanol–water partition coefficient (Wildman–Crippen LogP) is 2.70. The summed E-state index contributed by atoms with van der Waals surface area (Å²) in [5.41, 5.74) is 0.906. The molecule has 2 aliphatic rings. The Morgan fingerprint density at radius 1 is 0.889 bits per heavy atom. The third-order valence-corrected chi connectivity index (χ3v) is 4.59. The minimum Gasteiger partial charge on any atom is -0.377 e. The monoisotopic (exact) mass is 256 g/mol. The van der Waals surface area contributed by atoms with Gasteiger partial charge in [0.05, 0.1) is 18.8 Å². The first-order valence-corrected chi connectivity index (χ1v) is 7.61. The average molecular weight is 256 g/mol. The van der Waals surface area contributed by atoms with E-state index in [1.165, 1.54) is 44.9 Å². The number of nitrogens with one attached hydrogen (secondary N) is 2. The number of likely N-dealkylation sites (N-methyl/N-ethyl adjacent to an activating group) is 1. The van der Waals surface area contributed by atoms with Crippen molar-refractivity contribution in [1.82, 2.24) is 10.6 Å². The van der Waals surface area contributed by atoms with E-state index < -0.39 is 0 Å². The van der Waals surface area contributed by atoms with Gasteiger partial charge in [-0.3, -0.25) is 0 Å². The van der Waals surface area contributed by atoms with Crippen molar-refractivity contribution >= 4 is 0 Å². The normalized spacial score (nSPS) is 23.3. The zero-order chi connectivity index (χ0) is 13.5. The second kappa shape index (κ2) is 7.46. The average Bonchev–Trinajstić information content (AvgIpc) is 2.29. The molecule has 0 aromatic rings. The Morgan fingerprint density at radius 3 is 1.50 bits per heavy atom. The van der Waals surface area contributed by atoms with E-state index in [4.69, 9.17) is 4.74 Å². The molecule has 1 saturated carbocycles. The van der Waals surface area contributed by atoms with Gasteiger partial charge < -0.3 is 15.4 Å². The lowest BCUT2D eigenvalue weighted by Crippen LogP contribution is -2.58. The van der Waals surface area contributed by atoms with E-state index in [9.17, 15) is 0 Å². The van der Waals surface area contributed by atoms with Crippen LogP contribution in [0.3, 0.4) is 0 Å². The van der Waals surface area contributed by atoms with Gasteiger partial charge in [-0.1, -0.05) is 26.7 Å². The van der Waals surface area contributed by atoms with Crippen molar-refractivity contribution < 1.29 is 4.74 Å². The van der Waals surface area contributed by atoms with Crippen LogP contribution in [0.1, 0.15) is 58.8 Å². The van der Waals surface area contributed by atoms with Gasteiger partial charge >= 0.3 is 0 Å². The minimum absolute atomic E-state index is 0.342. The molecule has 0 aromatic heterocycles. The zero-order valence-electron chi connectivity index (χ0n) is 12.8. The molecule has 0 unspecified atom stereocenters. The molecular weight excluding hydrogens is 224 g/mol. The minimum atomic E-state index is 0.342. The molecule has 18 heavy (non-hydrogen) atoms. The Hall–Kier alpha value is -0.120. The number of ether oxygens (including phenoxy) is 1. The number of hydrogen-bond donors (Lipinski definition) is 2.